The highest BCUT2D eigenvalue weighted by Crippen LogP contribution is 2.40. The average Bonchev–Trinajstić information content (AvgIpc) is 2.27. The van der Waals surface area contributed by atoms with Gasteiger partial charge in [0.2, 0.25) is 0 Å². The lowest BCUT2D eigenvalue weighted by Gasteiger charge is -2.31. The van der Waals surface area contributed by atoms with Gasteiger partial charge in [0.15, 0.2) is 5.78 Å². The molecule has 1 aliphatic rings. The third kappa shape index (κ3) is 2.47. The lowest BCUT2D eigenvalue weighted by molar-refractivity contribution is -0.118. The standard InChI is InChI=1S/C16H20O2/c1-11(12-7-5-4-6-8-12)15-13(17)9-16(2,3)10-14(15)18/h4-8,11,17H,9-10H2,1-3H3. The molecule has 18 heavy (non-hydrogen) atoms. The molecule has 0 amide bonds. The van der Waals surface area contributed by atoms with Crippen LogP contribution in [0.25, 0.3) is 0 Å². The van der Waals surface area contributed by atoms with Crippen molar-refractivity contribution in [3.63, 3.8) is 0 Å². The molecule has 2 rings (SSSR count). The van der Waals surface area contributed by atoms with E-state index in [9.17, 15) is 9.90 Å². The molecule has 0 fully saturated rings. The minimum atomic E-state index is -0.124. The zero-order valence-corrected chi connectivity index (χ0v) is 11.2. The first kappa shape index (κ1) is 12.9. The van der Waals surface area contributed by atoms with Crippen LogP contribution in [0.15, 0.2) is 41.7 Å². The first-order valence-corrected chi connectivity index (χ1v) is 6.41. The molecule has 0 heterocycles. The van der Waals surface area contributed by atoms with E-state index in [1.165, 1.54) is 0 Å². The summed E-state index contributed by atoms with van der Waals surface area (Å²) in [5.41, 5.74) is 1.55. The summed E-state index contributed by atoms with van der Waals surface area (Å²) in [5.74, 6) is 0.322. The van der Waals surface area contributed by atoms with E-state index in [1.807, 2.05) is 51.1 Å². The summed E-state index contributed by atoms with van der Waals surface area (Å²) < 4.78 is 0. The Morgan fingerprint density at radius 2 is 1.78 bits per heavy atom. The van der Waals surface area contributed by atoms with Gasteiger partial charge in [0, 0.05) is 24.3 Å². The molecular formula is C16H20O2. The largest absolute Gasteiger partial charge is 0.512 e. The molecule has 0 aliphatic heterocycles. The van der Waals surface area contributed by atoms with Crippen molar-refractivity contribution < 1.29 is 9.90 Å². The molecule has 1 atom stereocenters. The van der Waals surface area contributed by atoms with E-state index in [0.717, 1.165) is 5.56 Å². The maximum absolute atomic E-state index is 12.2. The number of carbonyl (C=O) groups is 1. The monoisotopic (exact) mass is 244 g/mol. The first-order valence-electron chi connectivity index (χ1n) is 6.41. The number of allylic oxidation sites excluding steroid dienone is 2. The predicted octanol–water partition coefficient (Wildman–Crippen LogP) is 3.99. The molecule has 0 bridgehead atoms. The molecule has 0 saturated carbocycles. The summed E-state index contributed by atoms with van der Waals surface area (Å²) in [7, 11) is 0. The zero-order chi connectivity index (χ0) is 13.3. The Morgan fingerprint density at radius 1 is 1.17 bits per heavy atom. The van der Waals surface area contributed by atoms with Gasteiger partial charge in [0.1, 0.15) is 5.76 Å². The second-order valence-corrected chi connectivity index (χ2v) is 5.93. The quantitative estimate of drug-likeness (QED) is 0.854. The van der Waals surface area contributed by atoms with Crippen LogP contribution < -0.4 is 0 Å². The van der Waals surface area contributed by atoms with Crippen molar-refractivity contribution in [3.05, 3.63) is 47.2 Å². The minimum Gasteiger partial charge on any atom is -0.512 e. The van der Waals surface area contributed by atoms with E-state index in [1.54, 1.807) is 0 Å². The number of Topliss-reactive ketones (excluding diaryl/α,β-unsaturated/α-hetero) is 1. The van der Waals surface area contributed by atoms with Crippen LogP contribution in [0.5, 0.6) is 0 Å². The molecule has 1 aromatic carbocycles. The molecular weight excluding hydrogens is 224 g/mol. The summed E-state index contributed by atoms with van der Waals surface area (Å²) in [4.78, 5) is 12.2. The van der Waals surface area contributed by atoms with Crippen LogP contribution in [0.4, 0.5) is 0 Å². The fourth-order valence-corrected chi connectivity index (χ4v) is 2.70. The number of hydrogen-bond donors (Lipinski definition) is 1. The molecule has 0 saturated heterocycles. The summed E-state index contributed by atoms with van der Waals surface area (Å²) in [5, 5.41) is 10.2. The number of ketones is 1. The molecule has 1 aromatic rings. The Hall–Kier alpha value is -1.57. The van der Waals surface area contributed by atoms with Crippen molar-refractivity contribution in [3.8, 4) is 0 Å². The van der Waals surface area contributed by atoms with Crippen LogP contribution in [-0.2, 0) is 4.79 Å². The number of aliphatic hydroxyl groups is 1. The van der Waals surface area contributed by atoms with Gasteiger partial charge in [0.05, 0.1) is 0 Å². The lowest BCUT2D eigenvalue weighted by atomic mass is 9.73. The van der Waals surface area contributed by atoms with Crippen LogP contribution in [0, 0.1) is 5.41 Å². The molecule has 1 N–H and O–H groups in total. The van der Waals surface area contributed by atoms with Crippen LogP contribution >= 0.6 is 0 Å². The first-order chi connectivity index (χ1) is 8.41. The van der Waals surface area contributed by atoms with E-state index < -0.39 is 0 Å². The molecule has 1 unspecified atom stereocenters. The maximum atomic E-state index is 12.2. The van der Waals surface area contributed by atoms with Gasteiger partial charge in [-0.2, -0.15) is 0 Å². The Labute approximate surface area is 108 Å². The van der Waals surface area contributed by atoms with Crippen molar-refractivity contribution in [2.75, 3.05) is 0 Å². The molecule has 0 spiro atoms. The van der Waals surface area contributed by atoms with Crippen molar-refractivity contribution in [1.82, 2.24) is 0 Å². The van der Waals surface area contributed by atoms with Crippen LogP contribution in [-0.4, -0.2) is 10.9 Å². The second kappa shape index (κ2) is 4.60. The lowest BCUT2D eigenvalue weighted by Crippen LogP contribution is -2.27. The van der Waals surface area contributed by atoms with E-state index >= 15 is 0 Å². The van der Waals surface area contributed by atoms with Gasteiger partial charge in [-0.25, -0.2) is 0 Å². The summed E-state index contributed by atoms with van der Waals surface area (Å²) in [6.45, 7) is 6.02. The highest BCUT2D eigenvalue weighted by molar-refractivity contribution is 5.98. The van der Waals surface area contributed by atoms with E-state index in [4.69, 9.17) is 0 Å². The summed E-state index contributed by atoms with van der Waals surface area (Å²) in [6.07, 6.45) is 1.11. The number of benzene rings is 1. The predicted molar refractivity (Wildman–Crippen MR) is 72.5 cm³/mol. The third-order valence-electron chi connectivity index (χ3n) is 3.63. The van der Waals surface area contributed by atoms with Gasteiger partial charge in [-0.3, -0.25) is 4.79 Å². The minimum absolute atomic E-state index is 0.0326. The average molecular weight is 244 g/mol. The molecule has 96 valence electrons. The van der Waals surface area contributed by atoms with Gasteiger partial charge in [-0.1, -0.05) is 51.1 Å². The SMILES string of the molecule is CC(C1=C(O)CC(C)(C)CC1=O)c1ccccc1. The van der Waals surface area contributed by atoms with Gasteiger partial charge in [-0.05, 0) is 11.0 Å². The highest BCUT2D eigenvalue weighted by atomic mass is 16.3. The summed E-state index contributed by atoms with van der Waals surface area (Å²) in [6, 6.07) is 9.87. The van der Waals surface area contributed by atoms with Crippen LogP contribution in [0.1, 0.15) is 45.1 Å². The van der Waals surface area contributed by atoms with Gasteiger partial charge < -0.3 is 5.11 Å². The highest BCUT2D eigenvalue weighted by Gasteiger charge is 2.35. The number of rotatable bonds is 2. The Bertz CT molecular complexity index is 483. The molecule has 0 radical (unpaired) electrons. The van der Waals surface area contributed by atoms with Crippen LogP contribution in [0.2, 0.25) is 0 Å². The molecule has 0 aromatic heterocycles. The van der Waals surface area contributed by atoms with E-state index in [0.29, 0.717) is 18.4 Å². The third-order valence-corrected chi connectivity index (χ3v) is 3.63. The van der Waals surface area contributed by atoms with E-state index in [-0.39, 0.29) is 22.9 Å². The molecule has 1 aliphatic carbocycles. The number of hydrogen-bond acceptors (Lipinski definition) is 2. The fraction of sp³-hybridized carbons (Fsp3) is 0.438. The maximum Gasteiger partial charge on any atom is 0.163 e. The number of aliphatic hydroxyl groups excluding tert-OH is 1. The van der Waals surface area contributed by atoms with Crippen molar-refractivity contribution in [1.29, 1.82) is 0 Å². The zero-order valence-electron chi connectivity index (χ0n) is 11.2. The van der Waals surface area contributed by atoms with Gasteiger partial charge >= 0.3 is 0 Å². The number of carbonyl (C=O) groups excluding carboxylic acids is 1. The fourth-order valence-electron chi connectivity index (χ4n) is 2.70. The van der Waals surface area contributed by atoms with Crippen molar-refractivity contribution in [2.45, 2.75) is 39.5 Å². The van der Waals surface area contributed by atoms with Gasteiger partial charge in [0.25, 0.3) is 0 Å². The van der Waals surface area contributed by atoms with Gasteiger partial charge in [-0.15, -0.1) is 0 Å². The van der Waals surface area contributed by atoms with Crippen molar-refractivity contribution in [2.24, 2.45) is 5.41 Å². The van der Waals surface area contributed by atoms with Crippen molar-refractivity contribution >= 4 is 5.78 Å². The molecule has 2 heteroatoms. The Balaban J connectivity index is 2.36. The smallest absolute Gasteiger partial charge is 0.163 e. The van der Waals surface area contributed by atoms with Crippen LogP contribution in [0.3, 0.4) is 0 Å². The second-order valence-electron chi connectivity index (χ2n) is 5.93. The summed E-state index contributed by atoms with van der Waals surface area (Å²) >= 11 is 0. The molecule has 2 nitrogen and oxygen atoms in total. The normalized spacial score (nSPS) is 20.9. The van der Waals surface area contributed by atoms with E-state index in [2.05, 4.69) is 0 Å². The topological polar surface area (TPSA) is 37.3 Å². The Morgan fingerprint density at radius 3 is 2.33 bits per heavy atom. The Kier molecular flexibility index (Phi) is 3.29.